The van der Waals surface area contributed by atoms with Crippen LogP contribution in [-0.4, -0.2) is 16.6 Å². The minimum atomic E-state index is -1.22. The fraction of sp³-hybridized carbons (Fsp3) is 0.571. The van der Waals surface area contributed by atoms with Crippen molar-refractivity contribution in [3.8, 4) is 0 Å². The fourth-order valence-corrected chi connectivity index (χ4v) is 0.661. The van der Waals surface area contributed by atoms with Crippen LogP contribution in [0.25, 0.3) is 0 Å². The average molecular weight is 143 g/mol. The topological polar surface area (TPSA) is 63.3 Å². The van der Waals surface area contributed by atoms with Crippen molar-refractivity contribution in [2.24, 2.45) is 5.73 Å². The van der Waals surface area contributed by atoms with Crippen LogP contribution in [0.5, 0.6) is 0 Å². The molecule has 0 aliphatic carbocycles. The predicted octanol–water partition coefficient (Wildman–Crippen LogP) is 0.755. The van der Waals surface area contributed by atoms with Crippen LogP contribution in [0.2, 0.25) is 0 Å². The SMILES string of the molecule is CC(C)=CC(C)(N)C(=O)O. The highest BCUT2D eigenvalue weighted by atomic mass is 16.4. The van der Waals surface area contributed by atoms with E-state index in [-0.39, 0.29) is 0 Å². The molecular formula is C7H13NO2. The Labute approximate surface area is 60.5 Å². The Bertz CT molecular complexity index is 166. The van der Waals surface area contributed by atoms with Crippen molar-refractivity contribution >= 4 is 5.97 Å². The van der Waals surface area contributed by atoms with Gasteiger partial charge in [0.25, 0.3) is 0 Å². The number of aliphatic carboxylic acids is 1. The molecule has 0 aromatic rings. The van der Waals surface area contributed by atoms with Gasteiger partial charge < -0.3 is 10.8 Å². The molecule has 0 heterocycles. The number of carbonyl (C=O) groups is 1. The second kappa shape index (κ2) is 2.84. The molecule has 0 fully saturated rings. The zero-order chi connectivity index (χ0) is 8.36. The van der Waals surface area contributed by atoms with Crippen molar-refractivity contribution in [1.82, 2.24) is 0 Å². The second-order valence-electron chi connectivity index (χ2n) is 2.81. The monoisotopic (exact) mass is 143 g/mol. The lowest BCUT2D eigenvalue weighted by molar-refractivity contribution is -0.140. The maximum atomic E-state index is 10.4. The van der Waals surface area contributed by atoms with E-state index in [2.05, 4.69) is 0 Å². The molecule has 3 heteroatoms. The summed E-state index contributed by atoms with van der Waals surface area (Å²) in [5.74, 6) is -1.01. The van der Waals surface area contributed by atoms with Gasteiger partial charge in [-0.2, -0.15) is 0 Å². The molecule has 0 spiro atoms. The van der Waals surface area contributed by atoms with Crippen LogP contribution in [0.3, 0.4) is 0 Å². The molecule has 1 atom stereocenters. The molecule has 0 aromatic carbocycles. The van der Waals surface area contributed by atoms with E-state index in [0.717, 1.165) is 5.57 Å². The molecule has 0 amide bonds. The lowest BCUT2D eigenvalue weighted by atomic mass is 10.0. The Morgan fingerprint density at radius 2 is 2.00 bits per heavy atom. The van der Waals surface area contributed by atoms with Crippen molar-refractivity contribution in [2.75, 3.05) is 0 Å². The van der Waals surface area contributed by atoms with Gasteiger partial charge in [0.2, 0.25) is 0 Å². The normalized spacial score (nSPS) is 15.6. The predicted molar refractivity (Wildman–Crippen MR) is 39.7 cm³/mol. The summed E-state index contributed by atoms with van der Waals surface area (Å²) in [7, 11) is 0. The number of hydrogen-bond donors (Lipinski definition) is 2. The molecule has 0 aromatic heterocycles. The number of hydrogen-bond acceptors (Lipinski definition) is 2. The zero-order valence-electron chi connectivity index (χ0n) is 6.51. The van der Waals surface area contributed by atoms with Gasteiger partial charge in [0.05, 0.1) is 0 Å². The van der Waals surface area contributed by atoms with E-state index in [4.69, 9.17) is 10.8 Å². The number of carboxylic acid groups (broad SMARTS) is 1. The van der Waals surface area contributed by atoms with E-state index in [0.29, 0.717) is 0 Å². The van der Waals surface area contributed by atoms with Crippen molar-refractivity contribution < 1.29 is 9.90 Å². The number of allylic oxidation sites excluding steroid dienone is 1. The highest BCUT2D eigenvalue weighted by Crippen LogP contribution is 2.04. The molecular weight excluding hydrogens is 130 g/mol. The van der Waals surface area contributed by atoms with Gasteiger partial charge in [-0.25, -0.2) is 4.79 Å². The first-order valence-electron chi connectivity index (χ1n) is 3.04. The van der Waals surface area contributed by atoms with E-state index < -0.39 is 11.5 Å². The smallest absolute Gasteiger partial charge is 0.327 e. The second-order valence-corrected chi connectivity index (χ2v) is 2.81. The highest BCUT2D eigenvalue weighted by Gasteiger charge is 2.23. The molecule has 58 valence electrons. The Morgan fingerprint density at radius 1 is 1.60 bits per heavy atom. The minimum absolute atomic E-state index is 0.910. The summed E-state index contributed by atoms with van der Waals surface area (Å²) < 4.78 is 0. The van der Waals surface area contributed by atoms with Crippen LogP contribution in [0, 0.1) is 0 Å². The first-order valence-corrected chi connectivity index (χ1v) is 3.04. The van der Waals surface area contributed by atoms with Crippen molar-refractivity contribution in [2.45, 2.75) is 26.3 Å². The molecule has 3 N–H and O–H groups in total. The van der Waals surface area contributed by atoms with E-state index in [9.17, 15) is 4.79 Å². The summed E-state index contributed by atoms with van der Waals surface area (Å²) >= 11 is 0. The van der Waals surface area contributed by atoms with Gasteiger partial charge in [-0.15, -0.1) is 0 Å². The molecule has 3 nitrogen and oxygen atoms in total. The maximum absolute atomic E-state index is 10.4. The zero-order valence-corrected chi connectivity index (χ0v) is 6.51. The molecule has 0 bridgehead atoms. The molecule has 1 unspecified atom stereocenters. The van der Waals surface area contributed by atoms with E-state index in [1.165, 1.54) is 13.0 Å². The summed E-state index contributed by atoms with van der Waals surface area (Å²) in [6, 6.07) is 0. The average Bonchev–Trinajstić information content (AvgIpc) is 1.60. The quantitative estimate of drug-likeness (QED) is 0.561. The van der Waals surface area contributed by atoms with Crippen LogP contribution in [0.15, 0.2) is 11.6 Å². The minimum Gasteiger partial charge on any atom is -0.480 e. The Balaban J connectivity index is 4.42. The lowest BCUT2D eigenvalue weighted by Gasteiger charge is -2.13. The van der Waals surface area contributed by atoms with Gasteiger partial charge in [-0.3, -0.25) is 0 Å². The highest BCUT2D eigenvalue weighted by molar-refractivity contribution is 5.80. The molecule has 0 saturated carbocycles. The first kappa shape index (κ1) is 9.17. The summed E-state index contributed by atoms with van der Waals surface area (Å²) in [6.07, 6.45) is 1.52. The number of carboxylic acids is 1. The van der Waals surface area contributed by atoms with Gasteiger partial charge in [-0.1, -0.05) is 11.6 Å². The Morgan fingerprint density at radius 3 is 2.10 bits per heavy atom. The standard InChI is InChI=1S/C7H13NO2/c1-5(2)4-7(3,8)6(9)10/h4H,8H2,1-3H3,(H,9,10). The van der Waals surface area contributed by atoms with Crippen LogP contribution in [-0.2, 0) is 4.79 Å². The third-order valence-electron chi connectivity index (χ3n) is 1.05. The van der Waals surface area contributed by atoms with E-state index in [1.807, 2.05) is 13.8 Å². The number of nitrogens with two attached hydrogens (primary N) is 1. The number of rotatable bonds is 2. The molecule has 0 aliphatic heterocycles. The summed E-state index contributed by atoms with van der Waals surface area (Å²) in [6.45, 7) is 5.09. The van der Waals surface area contributed by atoms with Crippen LogP contribution < -0.4 is 5.73 Å². The fourth-order valence-electron chi connectivity index (χ4n) is 0.661. The van der Waals surface area contributed by atoms with Crippen molar-refractivity contribution in [3.63, 3.8) is 0 Å². The maximum Gasteiger partial charge on any atom is 0.327 e. The summed E-state index contributed by atoms with van der Waals surface area (Å²) in [4.78, 5) is 10.4. The van der Waals surface area contributed by atoms with Crippen molar-refractivity contribution in [3.05, 3.63) is 11.6 Å². The third-order valence-corrected chi connectivity index (χ3v) is 1.05. The van der Waals surface area contributed by atoms with Crippen LogP contribution >= 0.6 is 0 Å². The van der Waals surface area contributed by atoms with Gasteiger partial charge >= 0.3 is 5.97 Å². The summed E-state index contributed by atoms with van der Waals surface area (Å²) in [5, 5.41) is 8.52. The Kier molecular flexibility index (Phi) is 2.60. The Hall–Kier alpha value is -0.830. The first-order chi connectivity index (χ1) is 4.36. The molecule has 0 rings (SSSR count). The lowest BCUT2D eigenvalue weighted by Crippen LogP contribution is -2.42. The molecule has 0 aliphatic rings. The van der Waals surface area contributed by atoms with Crippen LogP contribution in [0.1, 0.15) is 20.8 Å². The van der Waals surface area contributed by atoms with Crippen LogP contribution in [0.4, 0.5) is 0 Å². The molecule has 10 heavy (non-hydrogen) atoms. The van der Waals surface area contributed by atoms with Gasteiger partial charge in [0.15, 0.2) is 0 Å². The van der Waals surface area contributed by atoms with E-state index >= 15 is 0 Å². The van der Waals surface area contributed by atoms with E-state index in [1.54, 1.807) is 0 Å². The summed E-state index contributed by atoms with van der Waals surface area (Å²) in [5.41, 5.74) is 5.07. The third kappa shape index (κ3) is 2.64. The van der Waals surface area contributed by atoms with Gasteiger partial charge in [0, 0.05) is 0 Å². The molecule has 0 saturated heterocycles. The van der Waals surface area contributed by atoms with Crippen molar-refractivity contribution in [1.29, 1.82) is 0 Å². The van der Waals surface area contributed by atoms with Gasteiger partial charge in [0.1, 0.15) is 5.54 Å². The largest absolute Gasteiger partial charge is 0.480 e. The molecule has 0 radical (unpaired) electrons. The van der Waals surface area contributed by atoms with Gasteiger partial charge in [-0.05, 0) is 20.8 Å².